The number of benzene rings is 1. The van der Waals surface area contributed by atoms with Gasteiger partial charge < -0.3 is 5.32 Å². The van der Waals surface area contributed by atoms with Crippen molar-refractivity contribution in [3.8, 4) is 6.07 Å². The van der Waals surface area contributed by atoms with Crippen LogP contribution in [0.1, 0.15) is 24.5 Å². The molecule has 0 spiro atoms. The van der Waals surface area contributed by atoms with Crippen molar-refractivity contribution in [3.05, 3.63) is 35.4 Å². The van der Waals surface area contributed by atoms with Crippen LogP contribution in [0.5, 0.6) is 0 Å². The average Bonchev–Trinajstić information content (AvgIpc) is 2.66. The van der Waals surface area contributed by atoms with Gasteiger partial charge in [-0.25, -0.2) is 8.42 Å². The maximum absolute atomic E-state index is 12.1. The van der Waals surface area contributed by atoms with Crippen LogP contribution in [0.3, 0.4) is 0 Å². The Balaban J connectivity index is 1.85. The molecule has 0 aromatic heterocycles. The number of hydrogen-bond donors (Lipinski definition) is 1. The lowest BCUT2D eigenvalue weighted by Crippen LogP contribution is -2.42. The Hall–Kier alpha value is -1.91. The van der Waals surface area contributed by atoms with E-state index in [1.807, 2.05) is 17.9 Å². The van der Waals surface area contributed by atoms with Crippen molar-refractivity contribution in [1.82, 2.24) is 10.2 Å². The molecule has 1 aromatic rings. The van der Waals surface area contributed by atoms with E-state index in [2.05, 4.69) is 5.32 Å². The van der Waals surface area contributed by atoms with E-state index in [0.717, 1.165) is 5.56 Å². The number of amides is 1. The summed E-state index contributed by atoms with van der Waals surface area (Å²) in [6.07, 6.45) is 0.561. The van der Waals surface area contributed by atoms with E-state index in [4.69, 9.17) is 5.26 Å². The summed E-state index contributed by atoms with van der Waals surface area (Å²) < 4.78 is 23.3. The zero-order valence-corrected chi connectivity index (χ0v) is 14.0. The molecule has 2 rings (SSSR count). The van der Waals surface area contributed by atoms with Crippen LogP contribution < -0.4 is 5.32 Å². The van der Waals surface area contributed by atoms with Crippen molar-refractivity contribution in [2.75, 3.05) is 24.6 Å². The second kappa shape index (κ2) is 7.57. The minimum atomic E-state index is -2.98. The molecule has 1 aromatic carbocycles. The lowest BCUT2D eigenvalue weighted by molar-refractivity contribution is -0.122. The molecule has 0 saturated carbocycles. The topological polar surface area (TPSA) is 90.3 Å². The highest BCUT2D eigenvalue weighted by Gasteiger charge is 2.25. The molecule has 1 heterocycles. The van der Waals surface area contributed by atoms with E-state index >= 15 is 0 Å². The summed E-state index contributed by atoms with van der Waals surface area (Å²) in [6, 6.07) is 9.16. The third-order valence-corrected chi connectivity index (χ3v) is 5.74. The normalized spacial score (nSPS) is 21.1. The molecule has 0 radical (unpaired) electrons. The predicted molar refractivity (Wildman–Crippen MR) is 87.3 cm³/mol. The summed E-state index contributed by atoms with van der Waals surface area (Å²) in [6.45, 7) is 2.94. The molecule has 1 fully saturated rings. The van der Waals surface area contributed by atoms with E-state index in [-0.39, 0.29) is 30.0 Å². The molecule has 1 saturated heterocycles. The maximum Gasteiger partial charge on any atom is 0.234 e. The van der Waals surface area contributed by atoms with Gasteiger partial charge in [0.1, 0.15) is 0 Å². The predicted octanol–water partition coefficient (Wildman–Crippen LogP) is 0.683. The highest BCUT2D eigenvalue weighted by Crippen LogP contribution is 2.12. The van der Waals surface area contributed by atoms with Gasteiger partial charge in [0.2, 0.25) is 5.91 Å². The molecule has 0 aliphatic carbocycles. The zero-order chi connectivity index (χ0) is 16.9. The number of sulfone groups is 1. The van der Waals surface area contributed by atoms with Crippen molar-refractivity contribution in [1.29, 1.82) is 5.26 Å². The molecule has 1 amide bonds. The van der Waals surface area contributed by atoms with Gasteiger partial charge in [-0.2, -0.15) is 5.26 Å². The first-order chi connectivity index (χ1) is 10.9. The van der Waals surface area contributed by atoms with Crippen LogP contribution in [0, 0.1) is 11.3 Å². The summed E-state index contributed by atoms with van der Waals surface area (Å²) in [5.41, 5.74) is 1.50. The van der Waals surface area contributed by atoms with Gasteiger partial charge in [-0.1, -0.05) is 12.1 Å². The molecule has 124 valence electrons. The van der Waals surface area contributed by atoms with Crippen LogP contribution in [0.2, 0.25) is 0 Å². The number of carbonyl (C=O) groups excluding carboxylic acids is 1. The standard InChI is InChI=1S/C16H21N3O3S/c1-13-6-8-23(21,22)9-7-19(13)12-16(20)18-11-15-4-2-14(10-17)3-5-15/h2-5,13H,6-9,11-12H2,1H3,(H,18,20). The molecular formula is C16H21N3O3S. The van der Waals surface area contributed by atoms with Gasteiger partial charge in [-0.3, -0.25) is 9.69 Å². The van der Waals surface area contributed by atoms with Gasteiger partial charge >= 0.3 is 0 Å². The number of rotatable bonds is 4. The minimum Gasteiger partial charge on any atom is -0.351 e. The highest BCUT2D eigenvalue weighted by atomic mass is 32.2. The monoisotopic (exact) mass is 335 g/mol. The summed E-state index contributed by atoms with van der Waals surface area (Å²) in [5, 5.41) is 11.6. The van der Waals surface area contributed by atoms with E-state index in [0.29, 0.717) is 25.1 Å². The highest BCUT2D eigenvalue weighted by molar-refractivity contribution is 7.91. The summed E-state index contributed by atoms with van der Waals surface area (Å²) in [5.74, 6) is 0.179. The fourth-order valence-corrected chi connectivity index (χ4v) is 3.90. The third-order valence-electron chi connectivity index (χ3n) is 4.08. The molecule has 1 unspecified atom stereocenters. The Bertz CT molecular complexity index is 692. The Morgan fingerprint density at radius 2 is 2.04 bits per heavy atom. The second-order valence-corrected chi connectivity index (χ2v) is 8.15. The van der Waals surface area contributed by atoms with Gasteiger partial charge in [-0.05, 0) is 31.0 Å². The fraction of sp³-hybridized carbons (Fsp3) is 0.500. The molecule has 0 bridgehead atoms. The number of carbonyl (C=O) groups is 1. The van der Waals surface area contributed by atoms with E-state index in [9.17, 15) is 13.2 Å². The molecule has 23 heavy (non-hydrogen) atoms. The van der Waals surface area contributed by atoms with Crippen molar-refractivity contribution >= 4 is 15.7 Å². The van der Waals surface area contributed by atoms with Crippen LogP contribution >= 0.6 is 0 Å². The van der Waals surface area contributed by atoms with Crippen LogP contribution in [-0.4, -0.2) is 49.9 Å². The number of nitriles is 1. The maximum atomic E-state index is 12.1. The van der Waals surface area contributed by atoms with Crippen molar-refractivity contribution in [2.45, 2.75) is 25.9 Å². The summed E-state index contributed by atoms with van der Waals surface area (Å²) in [4.78, 5) is 14.0. The third kappa shape index (κ3) is 5.34. The number of nitrogens with zero attached hydrogens (tertiary/aromatic N) is 2. The molecule has 1 N–H and O–H groups in total. The quantitative estimate of drug-likeness (QED) is 0.874. The molecular weight excluding hydrogens is 314 g/mol. The first-order valence-electron chi connectivity index (χ1n) is 7.60. The van der Waals surface area contributed by atoms with E-state index in [1.54, 1.807) is 24.3 Å². The van der Waals surface area contributed by atoms with Crippen LogP contribution in [0.4, 0.5) is 0 Å². The van der Waals surface area contributed by atoms with Gasteiger partial charge in [0.05, 0.1) is 29.7 Å². The smallest absolute Gasteiger partial charge is 0.234 e. The lowest BCUT2D eigenvalue weighted by atomic mass is 10.1. The van der Waals surface area contributed by atoms with Gasteiger partial charge in [0.25, 0.3) is 0 Å². The first-order valence-corrected chi connectivity index (χ1v) is 9.42. The minimum absolute atomic E-state index is 0.0768. The van der Waals surface area contributed by atoms with Gasteiger partial charge in [0, 0.05) is 19.1 Å². The zero-order valence-electron chi connectivity index (χ0n) is 13.2. The van der Waals surface area contributed by atoms with Crippen molar-refractivity contribution < 1.29 is 13.2 Å². The van der Waals surface area contributed by atoms with Gasteiger partial charge in [0.15, 0.2) is 9.84 Å². The van der Waals surface area contributed by atoms with Crippen molar-refractivity contribution in [3.63, 3.8) is 0 Å². The lowest BCUT2D eigenvalue weighted by Gasteiger charge is -2.25. The molecule has 6 nitrogen and oxygen atoms in total. The summed E-state index contributed by atoms with van der Waals surface area (Å²) in [7, 11) is -2.98. The van der Waals surface area contributed by atoms with Crippen molar-refractivity contribution in [2.24, 2.45) is 0 Å². The fourth-order valence-electron chi connectivity index (χ4n) is 2.48. The number of nitrogens with one attached hydrogen (secondary N) is 1. The molecule has 1 atom stereocenters. The SMILES string of the molecule is CC1CCS(=O)(=O)CCN1CC(=O)NCc1ccc(C#N)cc1. The Morgan fingerprint density at radius 1 is 1.35 bits per heavy atom. The second-order valence-electron chi connectivity index (χ2n) is 5.85. The average molecular weight is 335 g/mol. The van der Waals surface area contributed by atoms with Gasteiger partial charge in [-0.15, -0.1) is 0 Å². The van der Waals surface area contributed by atoms with Crippen LogP contribution in [0.25, 0.3) is 0 Å². The Morgan fingerprint density at radius 3 is 2.70 bits per heavy atom. The molecule has 1 aliphatic rings. The Kier molecular flexibility index (Phi) is 5.74. The molecule has 7 heteroatoms. The van der Waals surface area contributed by atoms with E-state index in [1.165, 1.54) is 0 Å². The van der Waals surface area contributed by atoms with Crippen LogP contribution in [-0.2, 0) is 21.2 Å². The summed E-state index contributed by atoms with van der Waals surface area (Å²) >= 11 is 0. The largest absolute Gasteiger partial charge is 0.351 e. The number of hydrogen-bond acceptors (Lipinski definition) is 5. The van der Waals surface area contributed by atoms with Crippen LogP contribution in [0.15, 0.2) is 24.3 Å². The molecule has 1 aliphatic heterocycles. The van der Waals surface area contributed by atoms with E-state index < -0.39 is 9.84 Å². The first kappa shape index (κ1) is 17.4. The Labute approximate surface area is 137 Å².